The Bertz CT molecular complexity index is 1390. The zero-order chi connectivity index (χ0) is 26.7. The lowest BCUT2D eigenvalue weighted by Gasteiger charge is -2.37. The van der Waals surface area contributed by atoms with E-state index < -0.39 is 10.0 Å². The van der Waals surface area contributed by atoms with Gasteiger partial charge in [0, 0.05) is 43.4 Å². The van der Waals surface area contributed by atoms with Gasteiger partial charge in [-0.05, 0) is 61.4 Å². The molecule has 6 nitrogen and oxygen atoms in total. The van der Waals surface area contributed by atoms with Gasteiger partial charge in [-0.15, -0.1) is 0 Å². The minimum absolute atomic E-state index is 0.0134. The standard InChI is InChI=1S/C27H28Cl3N3O3S/c1-19-3-8-23(9-4-19)37(35,36)33(17-21-6-10-24(29)25(30)15-21)18-27(34)32-13-11-31(12-14-32)26-16-22(28)7-5-20(26)2/h3-10,15-16H,11-14,17-18H2,1-2H3. The molecule has 0 bridgehead atoms. The number of amides is 1. The third-order valence-electron chi connectivity index (χ3n) is 6.46. The Morgan fingerprint density at radius 3 is 2.19 bits per heavy atom. The van der Waals surface area contributed by atoms with Gasteiger partial charge in [0.2, 0.25) is 15.9 Å². The molecule has 37 heavy (non-hydrogen) atoms. The van der Waals surface area contributed by atoms with Crippen LogP contribution in [0.1, 0.15) is 16.7 Å². The van der Waals surface area contributed by atoms with E-state index >= 15 is 0 Å². The largest absolute Gasteiger partial charge is 0.368 e. The van der Waals surface area contributed by atoms with Crippen molar-refractivity contribution < 1.29 is 13.2 Å². The lowest BCUT2D eigenvalue weighted by molar-refractivity contribution is -0.131. The topological polar surface area (TPSA) is 60.9 Å². The molecule has 1 fully saturated rings. The molecule has 0 N–H and O–H groups in total. The number of anilines is 1. The van der Waals surface area contributed by atoms with Crippen molar-refractivity contribution in [2.75, 3.05) is 37.6 Å². The minimum atomic E-state index is -3.95. The summed E-state index contributed by atoms with van der Waals surface area (Å²) in [6.45, 7) is 5.84. The molecule has 0 spiro atoms. The Kier molecular flexibility index (Phi) is 8.71. The molecule has 1 aliphatic rings. The van der Waals surface area contributed by atoms with Crippen molar-refractivity contribution >= 4 is 56.4 Å². The van der Waals surface area contributed by atoms with Crippen molar-refractivity contribution in [2.24, 2.45) is 0 Å². The molecule has 1 amide bonds. The first-order valence-corrected chi connectivity index (χ1v) is 14.4. The maximum Gasteiger partial charge on any atom is 0.243 e. The highest BCUT2D eigenvalue weighted by Crippen LogP contribution is 2.27. The maximum atomic E-state index is 13.6. The van der Waals surface area contributed by atoms with Gasteiger partial charge < -0.3 is 9.80 Å². The van der Waals surface area contributed by atoms with Gasteiger partial charge in [-0.3, -0.25) is 4.79 Å². The van der Waals surface area contributed by atoms with E-state index in [1.54, 1.807) is 47.4 Å². The summed E-state index contributed by atoms with van der Waals surface area (Å²) in [6, 6.07) is 17.3. The molecule has 0 unspecified atom stereocenters. The second-order valence-electron chi connectivity index (χ2n) is 9.13. The number of carbonyl (C=O) groups is 1. The molecule has 1 aliphatic heterocycles. The second-order valence-corrected chi connectivity index (χ2v) is 12.3. The molecule has 196 valence electrons. The highest BCUT2D eigenvalue weighted by atomic mass is 35.5. The summed E-state index contributed by atoms with van der Waals surface area (Å²) in [7, 11) is -3.95. The Morgan fingerprint density at radius 2 is 1.54 bits per heavy atom. The fourth-order valence-electron chi connectivity index (χ4n) is 4.30. The van der Waals surface area contributed by atoms with Crippen LogP contribution >= 0.6 is 34.8 Å². The van der Waals surface area contributed by atoms with E-state index in [0.717, 1.165) is 16.8 Å². The summed E-state index contributed by atoms with van der Waals surface area (Å²) < 4.78 is 28.4. The zero-order valence-electron chi connectivity index (χ0n) is 20.6. The van der Waals surface area contributed by atoms with Crippen LogP contribution in [0.4, 0.5) is 5.69 Å². The average Bonchev–Trinajstić information content (AvgIpc) is 2.87. The smallest absolute Gasteiger partial charge is 0.243 e. The lowest BCUT2D eigenvalue weighted by Crippen LogP contribution is -2.51. The first kappa shape index (κ1) is 27.7. The fraction of sp³-hybridized carbons (Fsp3) is 0.296. The Labute approximate surface area is 233 Å². The second kappa shape index (κ2) is 11.6. The number of benzene rings is 3. The molecule has 0 saturated carbocycles. The number of aryl methyl sites for hydroxylation is 2. The predicted octanol–water partition coefficient (Wildman–Crippen LogP) is 5.80. The van der Waals surface area contributed by atoms with Crippen LogP contribution in [-0.2, 0) is 21.4 Å². The Balaban J connectivity index is 1.52. The Hall–Kier alpha value is -2.29. The number of nitrogens with zero attached hydrogens (tertiary/aromatic N) is 3. The van der Waals surface area contributed by atoms with Crippen LogP contribution in [0.15, 0.2) is 65.6 Å². The van der Waals surface area contributed by atoms with Crippen molar-refractivity contribution in [2.45, 2.75) is 25.3 Å². The van der Waals surface area contributed by atoms with Crippen LogP contribution < -0.4 is 4.90 Å². The van der Waals surface area contributed by atoms with Gasteiger partial charge in [-0.1, -0.05) is 64.6 Å². The first-order valence-electron chi connectivity index (χ1n) is 11.8. The van der Waals surface area contributed by atoms with Crippen molar-refractivity contribution in [3.8, 4) is 0 Å². The molecule has 1 heterocycles. The van der Waals surface area contributed by atoms with Crippen LogP contribution in [0.25, 0.3) is 0 Å². The molecular formula is C27H28Cl3N3O3S. The van der Waals surface area contributed by atoms with Gasteiger partial charge in [-0.25, -0.2) is 8.42 Å². The van der Waals surface area contributed by atoms with Crippen LogP contribution in [0, 0.1) is 13.8 Å². The van der Waals surface area contributed by atoms with Crippen molar-refractivity contribution in [1.29, 1.82) is 0 Å². The van der Waals surface area contributed by atoms with E-state index in [9.17, 15) is 13.2 Å². The van der Waals surface area contributed by atoms with Gasteiger partial charge in [0.15, 0.2) is 0 Å². The molecule has 0 atom stereocenters. The number of hydrogen-bond acceptors (Lipinski definition) is 4. The third-order valence-corrected chi connectivity index (χ3v) is 9.24. The van der Waals surface area contributed by atoms with Crippen LogP contribution in [0.5, 0.6) is 0 Å². The fourth-order valence-corrected chi connectivity index (χ4v) is 6.16. The van der Waals surface area contributed by atoms with Crippen LogP contribution in [0.3, 0.4) is 0 Å². The minimum Gasteiger partial charge on any atom is -0.368 e. The molecule has 0 radical (unpaired) electrons. The average molecular weight is 581 g/mol. The zero-order valence-corrected chi connectivity index (χ0v) is 23.7. The molecular weight excluding hydrogens is 553 g/mol. The van der Waals surface area contributed by atoms with E-state index in [2.05, 4.69) is 4.90 Å². The highest BCUT2D eigenvalue weighted by Gasteiger charge is 2.30. The van der Waals surface area contributed by atoms with E-state index in [-0.39, 0.29) is 23.9 Å². The summed E-state index contributed by atoms with van der Waals surface area (Å²) in [6.07, 6.45) is 0. The molecule has 4 rings (SSSR count). The van der Waals surface area contributed by atoms with Crippen LogP contribution in [-0.4, -0.2) is 56.3 Å². The third kappa shape index (κ3) is 6.59. The normalized spacial score (nSPS) is 14.3. The summed E-state index contributed by atoms with van der Waals surface area (Å²) >= 11 is 18.4. The first-order chi connectivity index (χ1) is 17.5. The van der Waals surface area contributed by atoms with E-state index in [4.69, 9.17) is 34.8 Å². The SMILES string of the molecule is Cc1ccc(S(=O)(=O)N(CC(=O)N2CCN(c3cc(Cl)ccc3C)CC2)Cc2ccc(Cl)c(Cl)c2)cc1. The van der Waals surface area contributed by atoms with Crippen molar-refractivity contribution in [3.05, 3.63) is 92.4 Å². The summed E-state index contributed by atoms with van der Waals surface area (Å²) in [5.74, 6) is -0.252. The summed E-state index contributed by atoms with van der Waals surface area (Å²) in [4.78, 5) is 17.4. The molecule has 3 aromatic carbocycles. The van der Waals surface area contributed by atoms with Gasteiger partial charge in [0.25, 0.3) is 0 Å². The molecule has 10 heteroatoms. The number of piperazine rings is 1. The maximum absolute atomic E-state index is 13.6. The number of halogens is 3. The van der Waals surface area contributed by atoms with E-state index in [0.29, 0.717) is 46.8 Å². The monoisotopic (exact) mass is 579 g/mol. The van der Waals surface area contributed by atoms with Crippen molar-refractivity contribution in [1.82, 2.24) is 9.21 Å². The van der Waals surface area contributed by atoms with Crippen molar-refractivity contribution in [3.63, 3.8) is 0 Å². The molecule has 0 aliphatic carbocycles. The van der Waals surface area contributed by atoms with Gasteiger partial charge in [-0.2, -0.15) is 4.31 Å². The number of hydrogen-bond donors (Lipinski definition) is 0. The van der Waals surface area contributed by atoms with Gasteiger partial charge in [0.05, 0.1) is 21.5 Å². The molecule has 1 saturated heterocycles. The lowest BCUT2D eigenvalue weighted by atomic mass is 10.1. The Morgan fingerprint density at radius 1 is 0.865 bits per heavy atom. The van der Waals surface area contributed by atoms with E-state index in [1.165, 1.54) is 4.31 Å². The predicted molar refractivity (Wildman–Crippen MR) is 150 cm³/mol. The number of carbonyl (C=O) groups excluding carboxylic acids is 1. The highest BCUT2D eigenvalue weighted by molar-refractivity contribution is 7.89. The summed E-state index contributed by atoms with van der Waals surface area (Å²) in [5, 5.41) is 1.37. The molecule has 3 aromatic rings. The summed E-state index contributed by atoms with van der Waals surface area (Å²) in [5.41, 5.74) is 3.74. The van der Waals surface area contributed by atoms with Crippen LogP contribution in [0.2, 0.25) is 15.1 Å². The van der Waals surface area contributed by atoms with Gasteiger partial charge in [0.1, 0.15) is 0 Å². The van der Waals surface area contributed by atoms with E-state index in [1.807, 2.05) is 32.0 Å². The number of rotatable bonds is 7. The number of sulfonamides is 1. The quantitative estimate of drug-likeness (QED) is 0.354. The van der Waals surface area contributed by atoms with Gasteiger partial charge >= 0.3 is 0 Å². The molecule has 0 aromatic heterocycles.